The maximum absolute atomic E-state index is 15.0. The monoisotopic (exact) mass is 448 g/mol. The van der Waals surface area contributed by atoms with Crippen LogP contribution >= 0.6 is 11.8 Å². The van der Waals surface area contributed by atoms with Crippen LogP contribution in [0.3, 0.4) is 0 Å². The summed E-state index contributed by atoms with van der Waals surface area (Å²) in [5, 5.41) is 12.8. The molecule has 5 rings (SSSR count). The standard InChI is InChI=1S/C24H25FN6S/c1-15-22-19(10-13-31(15)20-7-5-6-18(27)17(20)14-26)28-24(32-22)16-8-9-21(29-23(16)25)30-11-3-2-4-12-30/h5-9,24,28H,1-4,10-13,27H2. The van der Waals surface area contributed by atoms with Gasteiger partial charge in [0.2, 0.25) is 5.95 Å². The van der Waals surface area contributed by atoms with Gasteiger partial charge in [0.25, 0.3) is 0 Å². The molecule has 1 aromatic carbocycles. The molecule has 32 heavy (non-hydrogen) atoms. The number of aromatic nitrogens is 1. The molecule has 1 fully saturated rings. The number of nitrogen functional groups attached to an aromatic ring is 1. The topological polar surface area (TPSA) is 81.2 Å². The molecule has 0 amide bonds. The molecule has 0 radical (unpaired) electrons. The maximum atomic E-state index is 15.0. The molecule has 164 valence electrons. The number of piperidine rings is 1. The zero-order valence-corrected chi connectivity index (χ0v) is 18.6. The Morgan fingerprint density at radius 3 is 2.75 bits per heavy atom. The van der Waals surface area contributed by atoms with Crippen LogP contribution in [0.2, 0.25) is 0 Å². The molecule has 2 aromatic rings. The van der Waals surface area contributed by atoms with E-state index in [0.29, 0.717) is 29.2 Å². The highest BCUT2D eigenvalue weighted by Crippen LogP contribution is 2.48. The number of nitrogens with two attached hydrogens (primary N) is 1. The van der Waals surface area contributed by atoms with E-state index in [1.165, 1.54) is 6.42 Å². The number of rotatable bonds is 3. The van der Waals surface area contributed by atoms with Gasteiger partial charge in [0.05, 0.1) is 21.8 Å². The van der Waals surface area contributed by atoms with Crippen LogP contribution in [0, 0.1) is 17.3 Å². The van der Waals surface area contributed by atoms with E-state index >= 15 is 4.39 Å². The van der Waals surface area contributed by atoms with E-state index in [0.717, 1.165) is 54.3 Å². The minimum atomic E-state index is -0.428. The van der Waals surface area contributed by atoms with Gasteiger partial charge in [-0.05, 0) is 43.5 Å². The van der Waals surface area contributed by atoms with Crippen LogP contribution in [0.5, 0.6) is 0 Å². The average molecular weight is 449 g/mol. The quantitative estimate of drug-likeness (QED) is 0.523. The Kier molecular flexibility index (Phi) is 5.43. The summed E-state index contributed by atoms with van der Waals surface area (Å²) in [6.45, 7) is 6.82. The van der Waals surface area contributed by atoms with E-state index in [1.807, 2.05) is 29.2 Å². The molecule has 0 bridgehead atoms. The Bertz CT molecular complexity index is 1150. The number of nitrogens with one attached hydrogen (secondary N) is 1. The number of pyridine rings is 1. The fourth-order valence-corrected chi connectivity index (χ4v) is 5.88. The van der Waals surface area contributed by atoms with Crippen molar-refractivity contribution in [2.24, 2.45) is 0 Å². The molecule has 3 N–H and O–H groups in total. The van der Waals surface area contributed by atoms with Crippen LogP contribution in [-0.2, 0) is 0 Å². The van der Waals surface area contributed by atoms with Crippen LogP contribution in [-0.4, -0.2) is 24.6 Å². The van der Waals surface area contributed by atoms with Crippen molar-refractivity contribution in [3.63, 3.8) is 0 Å². The van der Waals surface area contributed by atoms with Crippen LogP contribution in [0.4, 0.5) is 21.6 Å². The summed E-state index contributed by atoms with van der Waals surface area (Å²) < 4.78 is 15.0. The van der Waals surface area contributed by atoms with Crippen LogP contribution in [0.1, 0.15) is 42.2 Å². The van der Waals surface area contributed by atoms with E-state index in [1.54, 1.807) is 17.8 Å². The highest BCUT2D eigenvalue weighted by Gasteiger charge is 2.35. The number of nitrogens with zero attached hydrogens (tertiary/aromatic N) is 4. The Balaban J connectivity index is 1.36. The second-order valence-corrected chi connectivity index (χ2v) is 9.36. The number of nitriles is 1. The number of hydrogen-bond donors (Lipinski definition) is 2. The van der Waals surface area contributed by atoms with Gasteiger partial charge < -0.3 is 20.9 Å². The maximum Gasteiger partial charge on any atom is 0.220 e. The Hall–Kier alpha value is -3.18. The van der Waals surface area contributed by atoms with E-state index in [2.05, 4.69) is 27.8 Å². The largest absolute Gasteiger partial charge is 0.398 e. The van der Waals surface area contributed by atoms with E-state index in [4.69, 9.17) is 5.73 Å². The third-order valence-corrected chi connectivity index (χ3v) is 7.62. The molecule has 6 nitrogen and oxygen atoms in total. The number of halogens is 1. The molecule has 8 heteroatoms. The molecule has 0 spiro atoms. The van der Waals surface area contributed by atoms with Crippen LogP contribution < -0.4 is 20.9 Å². The second kappa shape index (κ2) is 8.40. The summed E-state index contributed by atoms with van der Waals surface area (Å²) in [5.41, 5.74) is 10.1. The zero-order chi connectivity index (χ0) is 22.2. The summed E-state index contributed by atoms with van der Waals surface area (Å²) in [4.78, 5) is 9.46. The van der Waals surface area contributed by atoms with Gasteiger partial charge in [-0.3, -0.25) is 0 Å². The van der Waals surface area contributed by atoms with E-state index in [-0.39, 0.29) is 5.37 Å². The van der Waals surface area contributed by atoms with E-state index in [9.17, 15) is 5.26 Å². The normalized spacial score (nSPS) is 20.8. The summed E-state index contributed by atoms with van der Waals surface area (Å²) in [6, 6.07) is 11.4. The fourth-order valence-electron chi connectivity index (χ4n) is 4.59. The lowest BCUT2D eigenvalue weighted by Crippen LogP contribution is -2.31. The van der Waals surface area contributed by atoms with Gasteiger partial charge in [-0.15, -0.1) is 0 Å². The lowest BCUT2D eigenvalue weighted by atomic mass is 10.1. The van der Waals surface area contributed by atoms with Crippen molar-refractivity contribution in [1.82, 2.24) is 10.3 Å². The highest BCUT2D eigenvalue weighted by atomic mass is 32.2. The third kappa shape index (κ3) is 3.56. The van der Waals surface area contributed by atoms with Crippen molar-refractivity contribution in [3.05, 3.63) is 70.3 Å². The molecule has 1 saturated heterocycles. The molecule has 0 saturated carbocycles. The third-order valence-electron chi connectivity index (χ3n) is 6.29. The first kappa shape index (κ1) is 20.7. The predicted octanol–water partition coefficient (Wildman–Crippen LogP) is 4.64. The minimum Gasteiger partial charge on any atom is -0.398 e. The van der Waals surface area contributed by atoms with E-state index < -0.39 is 5.95 Å². The SMILES string of the molecule is C=C1C2=C(CCN1c1cccc(N)c1C#N)NC(c1ccc(N3CCCCC3)nc1F)S2. The highest BCUT2D eigenvalue weighted by molar-refractivity contribution is 8.03. The predicted molar refractivity (Wildman–Crippen MR) is 127 cm³/mol. The number of benzene rings is 1. The Labute approximate surface area is 191 Å². The first-order valence-corrected chi connectivity index (χ1v) is 11.8. The van der Waals surface area contributed by atoms with Crippen molar-refractivity contribution >= 4 is 29.0 Å². The van der Waals surface area contributed by atoms with Gasteiger partial charge in [-0.1, -0.05) is 24.4 Å². The Morgan fingerprint density at radius 2 is 2.00 bits per heavy atom. The average Bonchev–Trinajstić information content (AvgIpc) is 3.25. The second-order valence-electron chi connectivity index (χ2n) is 8.25. The van der Waals surface area contributed by atoms with Gasteiger partial charge in [0.15, 0.2) is 0 Å². The fraction of sp³-hybridized carbons (Fsp3) is 0.333. The molecule has 1 atom stereocenters. The molecule has 3 aliphatic heterocycles. The van der Waals surface area contributed by atoms with Gasteiger partial charge in [0, 0.05) is 43.0 Å². The van der Waals surface area contributed by atoms with Gasteiger partial charge >= 0.3 is 0 Å². The first-order chi connectivity index (χ1) is 15.6. The summed E-state index contributed by atoms with van der Waals surface area (Å²) in [6.07, 6.45) is 4.23. The Morgan fingerprint density at radius 1 is 1.19 bits per heavy atom. The van der Waals surface area contributed by atoms with Crippen molar-refractivity contribution in [3.8, 4) is 6.07 Å². The summed E-state index contributed by atoms with van der Waals surface area (Å²) >= 11 is 1.55. The molecular weight excluding hydrogens is 423 g/mol. The zero-order valence-electron chi connectivity index (χ0n) is 17.8. The molecule has 1 unspecified atom stereocenters. The molecular formula is C24H25FN6S. The van der Waals surface area contributed by atoms with Gasteiger partial charge in [-0.25, -0.2) is 4.98 Å². The summed E-state index contributed by atoms with van der Waals surface area (Å²) in [7, 11) is 0. The van der Waals surface area contributed by atoms with Gasteiger partial charge in [0.1, 0.15) is 17.3 Å². The smallest absolute Gasteiger partial charge is 0.220 e. The lowest BCUT2D eigenvalue weighted by molar-refractivity contribution is 0.540. The van der Waals surface area contributed by atoms with Gasteiger partial charge in [-0.2, -0.15) is 9.65 Å². The molecule has 4 heterocycles. The molecule has 3 aliphatic rings. The van der Waals surface area contributed by atoms with Crippen molar-refractivity contribution in [2.75, 3.05) is 35.2 Å². The number of hydrogen-bond acceptors (Lipinski definition) is 7. The lowest BCUT2D eigenvalue weighted by Gasteiger charge is -2.32. The number of anilines is 3. The van der Waals surface area contributed by atoms with Crippen LogP contribution in [0.25, 0.3) is 0 Å². The van der Waals surface area contributed by atoms with Crippen molar-refractivity contribution < 1.29 is 4.39 Å². The number of thioether (sulfide) groups is 1. The summed E-state index contributed by atoms with van der Waals surface area (Å²) in [5.74, 6) is 0.288. The minimum absolute atomic E-state index is 0.254. The van der Waals surface area contributed by atoms with Crippen molar-refractivity contribution in [2.45, 2.75) is 31.1 Å². The molecule has 0 aliphatic carbocycles. The van der Waals surface area contributed by atoms with Crippen molar-refractivity contribution in [1.29, 1.82) is 5.26 Å². The first-order valence-electron chi connectivity index (χ1n) is 10.9. The molecule has 1 aromatic heterocycles. The van der Waals surface area contributed by atoms with Crippen LogP contribution in [0.15, 0.2) is 53.2 Å².